The lowest BCUT2D eigenvalue weighted by molar-refractivity contribution is 0.0697. The molecule has 0 atom stereocenters. The van der Waals surface area contributed by atoms with Crippen LogP contribution in [0.1, 0.15) is 15.9 Å². The number of nitrogens with two attached hydrogens (primary N) is 1. The van der Waals surface area contributed by atoms with Gasteiger partial charge in [0.25, 0.3) is 0 Å². The Morgan fingerprint density at radius 1 is 1.37 bits per heavy atom. The van der Waals surface area contributed by atoms with E-state index in [2.05, 4.69) is 10.3 Å². The molecule has 0 aliphatic heterocycles. The molecule has 0 aliphatic rings. The molecule has 0 spiro atoms. The van der Waals surface area contributed by atoms with E-state index in [-0.39, 0.29) is 11.3 Å². The molecule has 1 aromatic heterocycles. The summed E-state index contributed by atoms with van der Waals surface area (Å²) in [6.45, 7) is 0.373. The van der Waals surface area contributed by atoms with Gasteiger partial charge in [0, 0.05) is 18.9 Å². The first-order valence-electron chi connectivity index (χ1n) is 5.56. The monoisotopic (exact) mass is 259 g/mol. The second-order valence-corrected chi connectivity index (χ2v) is 3.97. The number of pyridine rings is 1. The van der Waals surface area contributed by atoms with Crippen LogP contribution >= 0.6 is 0 Å². The van der Waals surface area contributed by atoms with Crippen LogP contribution in [0.25, 0.3) is 0 Å². The van der Waals surface area contributed by atoms with Gasteiger partial charge in [0.1, 0.15) is 11.3 Å². The van der Waals surface area contributed by atoms with Gasteiger partial charge in [0.15, 0.2) is 0 Å². The molecule has 6 nitrogen and oxygen atoms in total. The lowest BCUT2D eigenvalue weighted by Crippen LogP contribution is -2.06. The number of benzene rings is 1. The van der Waals surface area contributed by atoms with Crippen molar-refractivity contribution in [3.63, 3.8) is 0 Å². The van der Waals surface area contributed by atoms with Gasteiger partial charge in [0.05, 0.1) is 11.4 Å². The molecule has 0 saturated carbocycles. The van der Waals surface area contributed by atoms with Crippen LogP contribution in [-0.2, 0) is 6.54 Å². The van der Waals surface area contributed by atoms with Crippen molar-refractivity contribution >= 4 is 17.3 Å². The molecule has 0 fully saturated rings. The third kappa shape index (κ3) is 2.92. The van der Waals surface area contributed by atoms with Gasteiger partial charge in [-0.3, -0.25) is 4.98 Å². The summed E-state index contributed by atoms with van der Waals surface area (Å²) in [5.41, 5.74) is 7.17. The number of aromatic carboxylic acids is 1. The van der Waals surface area contributed by atoms with Crippen molar-refractivity contribution in [2.75, 3.05) is 11.1 Å². The van der Waals surface area contributed by atoms with E-state index in [0.717, 1.165) is 5.56 Å². The van der Waals surface area contributed by atoms with E-state index in [1.54, 1.807) is 18.2 Å². The highest BCUT2D eigenvalue weighted by molar-refractivity contribution is 5.93. The summed E-state index contributed by atoms with van der Waals surface area (Å²) in [6.07, 6.45) is 2.79. The molecule has 0 unspecified atom stereocenters. The first kappa shape index (κ1) is 12.7. The third-order valence-corrected chi connectivity index (χ3v) is 2.63. The minimum absolute atomic E-state index is 0.00693. The van der Waals surface area contributed by atoms with Crippen LogP contribution in [0.5, 0.6) is 5.75 Å². The lowest BCUT2D eigenvalue weighted by atomic mass is 10.1. The van der Waals surface area contributed by atoms with E-state index in [1.807, 2.05) is 0 Å². The molecule has 2 rings (SSSR count). The molecular weight excluding hydrogens is 246 g/mol. The number of aromatic nitrogens is 1. The summed E-state index contributed by atoms with van der Waals surface area (Å²) in [5, 5.41) is 21.5. The van der Waals surface area contributed by atoms with Gasteiger partial charge in [-0.2, -0.15) is 0 Å². The van der Waals surface area contributed by atoms with Crippen molar-refractivity contribution in [3.05, 3.63) is 47.8 Å². The maximum Gasteiger partial charge on any atom is 0.339 e. The van der Waals surface area contributed by atoms with Gasteiger partial charge in [0.2, 0.25) is 0 Å². The summed E-state index contributed by atoms with van der Waals surface area (Å²) in [5.74, 6) is -1.04. The summed E-state index contributed by atoms with van der Waals surface area (Å²) >= 11 is 0. The number of hydrogen-bond donors (Lipinski definition) is 4. The van der Waals surface area contributed by atoms with Crippen molar-refractivity contribution in [1.82, 2.24) is 4.98 Å². The summed E-state index contributed by atoms with van der Waals surface area (Å²) in [7, 11) is 0. The van der Waals surface area contributed by atoms with Crippen LogP contribution in [0, 0.1) is 0 Å². The van der Waals surface area contributed by atoms with Crippen LogP contribution in [0.3, 0.4) is 0 Å². The standard InChI is InChI=1S/C13H13N3O3/c14-10-2-1-8(5-12(10)17)6-16-11-3-4-15-7-9(11)13(18)19/h1-5,7,17H,6,14H2,(H,15,16)(H,18,19). The van der Waals surface area contributed by atoms with Crippen molar-refractivity contribution in [3.8, 4) is 5.75 Å². The number of carboxylic acid groups (broad SMARTS) is 1. The number of carboxylic acids is 1. The van der Waals surface area contributed by atoms with Crippen LogP contribution < -0.4 is 11.1 Å². The molecule has 1 aromatic carbocycles. The number of carbonyl (C=O) groups is 1. The SMILES string of the molecule is Nc1ccc(CNc2ccncc2C(=O)O)cc1O. The molecule has 6 heteroatoms. The lowest BCUT2D eigenvalue weighted by Gasteiger charge is -2.09. The minimum Gasteiger partial charge on any atom is -0.506 e. The quantitative estimate of drug-likeness (QED) is 0.491. The number of rotatable bonds is 4. The average Bonchev–Trinajstić information content (AvgIpc) is 2.40. The van der Waals surface area contributed by atoms with Gasteiger partial charge in [-0.1, -0.05) is 6.07 Å². The Balaban J connectivity index is 2.14. The fraction of sp³-hybridized carbons (Fsp3) is 0.0769. The van der Waals surface area contributed by atoms with E-state index < -0.39 is 5.97 Å². The molecule has 0 bridgehead atoms. The Kier molecular flexibility index (Phi) is 3.51. The van der Waals surface area contributed by atoms with Crippen molar-refractivity contribution in [2.45, 2.75) is 6.54 Å². The van der Waals surface area contributed by atoms with Gasteiger partial charge in [-0.15, -0.1) is 0 Å². The van der Waals surface area contributed by atoms with Gasteiger partial charge < -0.3 is 21.3 Å². The van der Waals surface area contributed by atoms with Gasteiger partial charge in [-0.05, 0) is 23.8 Å². The Hall–Kier alpha value is -2.76. The van der Waals surface area contributed by atoms with Gasteiger partial charge in [-0.25, -0.2) is 4.79 Å². The van der Waals surface area contributed by atoms with E-state index in [4.69, 9.17) is 10.8 Å². The highest BCUT2D eigenvalue weighted by Crippen LogP contribution is 2.22. The average molecular weight is 259 g/mol. The van der Waals surface area contributed by atoms with Crippen molar-refractivity contribution in [2.24, 2.45) is 0 Å². The topological polar surface area (TPSA) is 108 Å². The Labute approximate surface area is 109 Å². The van der Waals surface area contributed by atoms with E-state index in [0.29, 0.717) is 17.9 Å². The summed E-state index contributed by atoms with van der Waals surface area (Å²) < 4.78 is 0. The highest BCUT2D eigenvalue weighted by atomic mass is 16.4. The highest BCUT2D eigenvalue weighted by Gasteiger charge is 2.09. The van der Waals surface area contributed by atoms with E-state index in [1.165, 1.54) is 18.5 Å². The Morgan fingerprint density at radius 3 is 2.84 bits per heavy atom. The smallest absolute Gasteiger partial charge is 0.339 e. The normalized spacial score (nSPS) is 10.1. The second-order valence-electron chi connectivity index (χ2n) is 3.97. The second kappa shape index (κ2) is 5.26. The number of nitrogens with one attached hydrogen (secondary N) is 1. The molecule has 0 radical (unpaired) electrons. The van der Waals surface area contributed by atoms with Crippen LogP contribution in [0.15, 0.2) is 36.7 Å². The molecule has 0 saturated heterocycles. The third-order valence-electron chi connectivity index (χ3n) is 2.63. The molecule has 0 aliphatic carbocycles. The first-order chi connectivity index (χ1) is 9.08. The minimum atomic E-state index is -1.05. The van der Waals surface area contributed by atoms with Crippen LogP contribution in [0.4, 0.5) is 11.4 Å². The van der Waals surface area contributed by atoms with Crippen molar-refractivity contribution < 1.29 is 15.0 Å². The van der Waals surface area contributed by atoms with Crippen LogP contribution in [-0.4, -0.2) is 21.2 Å². The number of nitrogens with zero attached hydrogens (tertiary/aromatic N) is 1. The van der Waals surface area contributed by atoms with Crippen LogP contribution in [0.2, 0.25) is 0 Å². The molecular formula is C13H13N3O3. The Morgan fingerprint density at radius 2 is 2.16 bits per heavy atom. The van der Waals surface area contributed by atoms with E-state index >= 15 is 0 Å². The summed E-state index contributed by atoms with van der Waals surface area (Å²) in [6, 6.07) is 6.46. The molecule has 1 heterocycles. The summed E-state index contributed by atoms with van der Waals surface area (Å²) in [4.78, 5) is 14.8. The number of phenolic OH excluding ortho intramolecular Hbond substituents is 1. The number of phenols is 1. The zero-order valence-electron chi connectivity index (χ0n) is 10.00. The fourth-order valence-corrected chi connectivity index (χ4v) is 1.62. The largest absolute Gasteiger partial charge is 0.506 e. The molecule has 0 amide bonds. The first-order valence-corrected chi connectivity index (χ1v) is 5.56. The number of aromatic hydroxyl groups is 1. The maximum atomic E-state index is 11.0. The Bertz CT molecular complexity index is 614. The predicted molar refractivity (Wildman–Crippen MR) is 71.0 cm³/mol. The number of nitrogen functional groups attached to an aromatic ring is 1. The predicted octanol–water partition coefficient (Wildman–Crippen LogP) is 1.68. The number of hydrogen-bond acceptors (Lipinski definition) is 5. The molecule has 19 heavy (non-hydrogen) atoms. The maximum absolute atomic E-state index is 11.0. The molecule has 5 N–H and O–H groups in total. The number of anilines is 2. The molecule has 2 aromatic rings. The van der Waals surface area contributed by atoms with Crippen molar-refractivity contribution in [1.29, 1.82) is 0 Å². The molecule has 98 valence electrons. The van der Waals surface area contributed by atoms with Gasteiger partial charge >= 0.3 is 5.97 Å². The zero-order valence-corrected chi connectivity index (χ0v) is 10.00. The zero-order chi connectivity index (χ0) is 13.8. The van der Waals surface area contributed by atoms with E-state index in [9.17, 15) is 9.90 Å². The fourth-order valence-electron chi connectivity index (χ4n) is 1.62.